The maximum atomic E-state index is 12.5. The highest BCUT2D eigenvalue weighted by Gasteiger charge is 2.34. The van der Waals surface area contributed by atoms with Gasteiger partial charge in [-0.25, -0.2) is 4.98 Å². The van der Waals surface area contributed by atoms with E-state index >= 15 is 0 Å². The Hall–Kier alpha value is -1.18. The predicted octanol–water partition coefficient (Wildman–Crippen LogP) is 0.999. The number of halogens is 1. The van der Waals surface area contributed by atoms with Crippen molar-refractivity contribution in [2.75, 3.05) is 37.6 Å². The second-order valence-electron chi connectivity index (χ2n) is 5.71. The summed E-state index contributed by atoms with van der Waals surface area (Å²) in [6, 6.07) is 3.98. The summed E-state index contributed by atoms with van der Waals surface area (Å²) in [5.41, 5.74) is 5.60. The fourth-order valence-electron chi connectivity index (χ4n) is 2.98. The zero-order valence-corrected chi connectivity index (χ0v) is 14.0. The number of pyridine rings is 1. The third-order valence-electron chi connectivity index (χ3n) is 4.27. The summed E-state index contributed by atoms with van der Waals surface area (Å²) in [6.45, 7) is 3.51. The van der Waals surface area contributed by atoms with Gasteiger partial charge in [-0.05, 0) is 40.9 Å². The molecule has 0 bridgehead atoms. The van der Waals surface area contributed by atoms with E-state index in [1.54, 1.807) is 6.20 Å². The van der Waals surface area contributed by atoms with Crippen molar-refractivity contribution in [2.45, 2.75) is 25.0 Å². The molecule has 2 aliphatic rings. The van der Waals surface area contributed by atoms with E-state index in [0.717, 1.165) is 36.2 Å². The molecule has 3 heterocycles. The molecule has 0 saturated carbocycles. The average molecular weight is 369 g/mol. The molecule has 0 aromatic carbocycles. The van der Waals surface area contributed by atoms with Crippen molar-refractivity contribution in [1.29, 1.82) is 0 Å². The van der Waals surface area contributed by atoms with Gasteiger partial charge in [0, 0.05) is 43.4 Å². The zero-order valence-electron chi connectivity index (χ0n) is 12.4. The first-order chi connectivity index (χ1) is 10.7. The van der Waals surface area contributed by atoms with Crippen molar-refractivity contribution in [3.8, 4) is 0 Å². The third-order valence-corrected chi connectivity index (χ3v) is 4.74. The van der Waals surface area contributed by atoms with Gasteiger partial charge in [-0.1, -0.05) is 0 Å². The Labute approximate surface area is 138 Å². The van der Waals surface area contributed by atoms with Gasteiger partial charge in [-0.15, -0.1) is 0 Å². The lowest BCUT2D eigenvalue weighted by Crippen LogP contribution is -2.51. The Morgan fingerprint density at radius 1 is 1.32 bits per heavy atom. The summed E-state index contributed by atoms with van der Waals surface area (Å²) < 4.78 is 6.67. The van der Waals surface area contributed by atoms with Crippen LogP contribution in [-0.4, -0.2) is 60.7 Å². The molecule has 0 spiro atoms. The van der Waals surface area contributed by atoms with Crippen LogP contribution in [0.15, 0.2) is 22.8 Å². The van der Waals surface area contributed by atoms with Crippen molar-refractivity contribution in [1.82, 2.24) is 9.88 Å². The molecule has 1 amide bonds. The molecule has 2 N–H and O–H groups in total. The first-order valence-corrected chi connectivity index (χ1v) is 8.47. The molecular weight excluding hydrogens is 348 g/mol. The smallest absolute Gasteiger partial charge is 0.251 e. The number of aromatic nitrogens is 1. The number of ether oxygens (including phenoxy) is 1. The molecule has 2 aliphatic heterocycles. The molecule has 6 nitrogen and oxygen atoms in total. The number of piperazine rings is 1. The van der Waals surface area contributed by atoms with E-state index in [9.17, 15) is 4.79 Å². The minimum atomic E-state index is -0.300. The molecule has 2 atom stereocenters. The van der Waals surface area contributed by atoms with E-state index in [2.05, 4.69) is 25.8 Å². The lowest BCUT2D eigenvalue weighted by Gasteiger charge is -2.36. The van der Waals surface area contributed by atoms with Gasteiger partial charge in [0.05, 0.1) is 6.10 Å². The maximum Gasteiger partial charge on any atom is 0.251 e. The normalized spacial score (nSPS) is 25.5. The summed E-state index contributed by atoms with van der Waals surface area (Å²) in [6.07, 6.45) is 3.21. The van der Waals surface area contributed by atoms with Gasteiger partial charge in [0.1, 0.15) is 11.9 Å². The van der Waals surface area contributed by atoms with Gasteiger partial charge in [0.25, 0.3) is 5.91 Å². The molecule has 0 unspecified atom stereocenters. The van der Waals surface area contributed by atoms with Crippen molar-refractivity contribution in [3.05, 3.63) is 22.8 Å². The van der Waals surface area contributed by atoms with Crippen LogP contribution in [0.1, 0.15) is 12.8 Å². The van der Waals surface area contributed by atoms with Crippen LogP contribution in [0, 0.1) is 0 Å². The Morgan fingerprint density at radius 2 is 2.09 bits per heavy atom. The van der Waals surface area contributed by atoms with E-state index in [1.165, 1.54) is 0 Å². The number of anilines is 1. The number of nitrogens with zero attached hydrogens (tertiary/aromatic N) is 3. The van der Waals surface area contributed by atoms with Crippen LogP contribution < -0.4 is 10.6 Å². The standard InChI is InChI=1S/C15H21BrN4O2/c16-11-1-4-14(18-10-11)19-5-7-20(8-6-19)15(21)13-3-2-12(9-17)22-13/h1,4,10,12-13H,2-3,5-9,17H2/t12-,13+/m1/s1. The van der Waals surface area contributed by atoms with E-state index < -0.39 is 0 Å². The van der Waals surface area contributed by atoms with E-state index in [-0.39, 0.29) is 18.1 Å². The number of amides is 1. The largest absolute Gasteiger partial charge is 0.364 e. The van der Waals surface area contributed by atoms with Gasteiger partial charge in [0.15, 0.2) is 0 Å². The number of hydrogen-bond acceptors (Lipinski definition) is 5. The number of nitrogens with two attached hydrogens (primary N) is 1. The highest BCUT2D eigenvalue weighted by atomic mass is 79.9. The van der Waals surface area contributed by atoms with Gasteiger partial charge >= 0.3 is 0 Å². The molecule has 22 heavy (non-hydrogen) atoms. The quantitative estimate of drug-likeness (QED) is 0.861. The van der Waals surface area contributed by atoms with Gasteiger partial charge in [-0.2, -0.15) is 0 Å². The van der Waals surface area contributed by atoms with Crippen LogP contribution in [0.3, 0.4) is 0 Å². The lowest BCUT2D eigenvalue weighted by molar-refractivity contribution is -0.143. The van der Waals surface area contributed by atoms with Crippen molar-refractivity contribution < 1.29 is 9.53 Å². The topological polar surface area (TPSA) is 71.7 Å². The monoisotopic (exact) mass is 368 g/mol. The molecule has 2 saturated heterocycles. The molecule has 3 rings (SSSR count). The number of hydrogen-bond donors (Lipinski definition) is 1. The molecule has 0 aliphatic carbocycles. The maximum absolute atomic E-state index is 12.5. The lowest BCUT2D eigenvalue weighted by atomic mass is 10.1. The van der Waals surface area contributed by atoms with Crippen molar-refractivity contribution in [3.63, 3.8) is 0 Å². The Morgan fingerprint density at radius 3 is 2.68 bits per heavy atom. The summed E-state index contributed by atoms with van der Waals surface area (Å²) >= 11 is 3.39. The molecule has 1 aromatic heterocycles. The minimum absolute atomic E-state index is 0.0437. The van der Waals surface area contributed by atoms with Crippen LogP contribution in [0.5, 0.6) is 0 Å². The highest BCUT2D eigenvalue weighted by molar-refractivity contribution is 9.10. The van der Waals surface area contributed by atoms with E-state index in [4.69, 9.17) is 10.5 Å². The average Bonchev–Trinajstić information content (AvgIpc) is 3.04. The predicted molar refractivity (Wildman–Crippen MR) is 87.7 cm³/mol. The SMILES string of the molecule is NC[C@H]1CC[C@@H](C(=O)N2CCN(c3ccc(Br)cn3)CC2)O1. The number of carbonyl (C=O) groups excluding carboxylic acids is 1. The van der Waals surface area contributed by atoms with Gasteiger partial charge in [-0.3, -0.25) is 4.79 Å². The van der Waals surface area contributed by atoms with Crippen molar-refractivity contribution in [2.24, 2.45) is 5.73 Å². The third kappa shape index (κ3) is 3.42. The minimum Gasteiger partial charge on any atom is -0.364 e. The Bertz CT molecular complexity index is 517. The van der Waals surface area contributed by atoms with Crippen LogP contribution in [-0.2, 0) is 9.53 Å². The summed E-state index contributed by atoms with van der Waals surface area (Å²) in [5.74, 6) is 1.06. The highest BCUT2D eigenvalue weighted by Crippen LogP contribution is 2.22. The molecule has 7 heteroatoms. The first kappa shape index (κ1) is 15.7. The fourth-order valence-corrected chi connectivity index (χ4v) is 3.21. The van der Waals surface area contributed by atoms with Crippen LogP contribution in [0.2, 0.25) is 0 Å². The second kappa shape index (κ2) is 6.93. The molecule has 0 radical (unpaired) electrons. The molecule has 120 valence electrons. The number of rotatable bonds is 3. The molecule has 2 fully saturated rings. The van der Waals surface area contributed by atoms with E-state index in [0.29, 0.717) is 19.6 Å². The summed E-state index contributed by atoms with van der Waals surface area (Å²) in [5, 5.41) is 0. The second-order valence-corrected chi connectivity index (χ2v) is 6.62. The summed E-state index contributed by atoms with van der Waals surface area (Å²) in [7, 11) is 0. The Balaban J connectivity index is 1.53. The fraction of sp³-hybridized carbons (Fsp3) is 0.600. The summed E-state index contributed by atoms with van der Waals surface area (Å²) in [4.78, 5) is 21.0. The Kier molecular flexibility index (Phi) is 4.95. The van der Waals surface area contributed by atoms with Gasteiger partial charge < -0.3 is 20.3 Å². The van der Waals surface area contributed by atoms with Gasteiger partial charge in [0.2, 0.25) is 0 Å². The van der Waals surface area contributed by atoms with Crippen LogP contribution >= 0.6 is 15.9 Å². The molecule has 1 aromatic rings. The zero-order chi connectivity index (χ0) is 15.5. The molecular formula is C15H21BrN4O2. The number of carbonyl (C=O) groups is 1. The van der Waals surface area contributed by atoms with Crippen LogP contribution in [0.25, 0.3) is 0 Å². The van der Waals surface area contributed by atoms with Crippen LogP contribution in [0.4, 0.5) is 5.82 Å². The van der Waals surface area contributed by atoms with Crippen molar-refractivity contribution >= 4 is 27.7 Å². The first-order valence-electron chi connectivity index (χ1n) is 7.68. The van der Waals surface area contributed by atoms with E-state index in [1.807, 2.05) is 17.0 Å².